The molecule has 0 bridgehead atoms. The van der Waals surface area contributed by atoms with Crippen molar-refractivity contribution in [2.45, 2.75) is 0 Å². The van der Waals surface area contributed by atoms with Crippen LogP contribution in [0.15, 0.2) is 97.1 Å². The molecule has 0 saturated heterocycles. The molecule has 3 heterocycles. The van der Waals surface area contributed by atoms with Crippen LogP contribution in [0.5, 0.6) is 0 Å². The van der Waals surface area contributed by atoms with Crippen molar-refractivity contribution in [1.82, 2.24) is 15.0 Å². The molecule has 34 heavy (non-hydrogen) atoms. The van der Waals surface area contributed by atoms with Crippen LogP contribution in [-0.2, 0) is 20.1 Å². The van der Waals surface area contributed by atoms with Gasteiger partial charge in [-0.05, 0) is 23.9 Å². The van der Waals surface area contributed by atoms with Crippen LogP contribution < -0.4 is 0 Å². The minimum Gasteiger partial charge on any atom is -0.477 e. The van der Waals surface area contributed by atoms with Gasteiger partial charge in [-0.3, -0.25) is 15.0 Å². The molecule has 1 radical (unpaired) electrons. The Kier molecular flexibility index (Phi) is 7.02. The van der Waals surface area contributed by atoms with E-state index >= 15 is 0 Å². The number of pyridine rings is 3. The zero-order valence-electron chi connectivity index (χ0n) is 17.8. The van der Waals surface area contributed by atoms with Gasteiger partial charge in [-0.25, -0.2) is 4.79 Å². The Morgan fingerprint density at radius 3 is 1.68 bits per heavy atom. The average Bonchev–Trinajstić information content (AvgIpc) is 2.89. The van der Waals surface area contributed by atoms with Crippen molar-refractivity contribution in [2.24, 2.45) is 0 Å². The van der Waals surface area contributed by atoms with E-state index in [0.717, 1.165) is 33.9 Å². The van der Waals surface area contributed by atoms with Crippen molar-refractivity contribution >= 4 is 5.97 Å². The van der Waals surface area contributed by atoms with Crippen LogP contribution >= 0.6 is 0 Å². The van der Waals surface area contributed by atoms with Gasteiger partial charge in [0.2, 0.25) is 0 Å². The molecule has 0 fully saturated rings. The van der Waals surface area contributed by atoms with Gasteiger partial charge in [0.15, 0.2) is 0 Å². The summed E-state index contributed by atoms with van der Waals surface area (Å²) in [5.74, 6) is -1.06. The third-order valence-corrected chi connectivity index (χ3v) is 5.06. The van der Waals surface area contributed by atoms with Crippen molar-refractivity contribution in [3.8, 4) is 45.2 Å². The fourth-order valence-corrected chi connectivity index (χ4v) is 3.48. The Balaban J connectivity index is 0.00000274. The Labute approximate surface area is 210 Å². The van der Waals surface area contributed by atoms with Gasteiger partial charge in [-0.2, -0.15) is 0 Å². The molecule has 0 aliphatic rings. The van der Waals surface area contributed by atoms with Crippen molar-refractivity contribution in [3.05, 3.63) is 115 Å². The summed E-state index contributed by atoms with van der Waals surface area (Å²) in [6.07, 6.45) is 0. The van der Waals surface area contributed by atoms with Crippen LogP contribution in [0.4, 0.5) is 0 Å². The Morgan fingerprint density at radius 2 is 1.09 bits per heavy atom. The molecule has 5 nitrogen and oxygen atoms in total. The first-order valence-electron chi connectivity index (χ1n) is 10.3. The summed E-state index contributed by atoms with van der Waals surface area (Å²) in [4.78, 5) is 25.1. The number of benzene rings is 2. The van der Waals surface area contributed by atoms with Gasteiger partial charge in [0.1, 0.15) is 5.69 Å². The van der Waals surface area contributed by atoms with Crippen LogP contribution in [0.2, 0.25) is 0 Å². The third-order valence-electron chi connectivity index (χ3n) is 5.06. The van der Waals surface area contributed by atoms with Gasteiger partial charge in [-0.15, -0.1) is 60.2 Å². The first-order chi connectivity index (χ1) is 16.2. The molecule has 0 aliphatic carbocycles. The van der Waals surface area contributed by atoms with Gasteiger partial charge < -0.3 is 5.11 Å². The SMILES string of the molecule is O=C(O)c1cccc(-c2[c-]c(-c3cccc(-c4cccc(-c5[c-]cccc5)n4)n3)ccc2)n1.[Ir]. The number of aromatic carboxylic acids is 1. The fraction of sp³-hybridized carbons (Fsp3) is 0. The number of carbonyl (C=O) groups is 1. The number of carboxylic acids is 1. The summed E-state index contributed by atoms with van der Waals surface area (Å²) in [5.41, 5.74) is 6.02. The summed E-state index contributed by atoms with van der Waals surface area (Å²) in [7, 11) is 0. The molecule has 1 N–H and O–H groups in total. The van der Waals surface area contributed by atoms with Crippen LogP contribution in [0.25, 0.3) is 45.2 Å². The second-order valence-electron chi connectivity index (χ2n) is 7.28. The molecule has 0 spiro atoms. The predicted molar refractivity (Wildman–Crippen MR) is 126 cm³/mol. The zero-order chi connectivity index (χ0) is 22.6. The Morgan fingerprint density at radius 1 is 0.588 bits per heavy atom. The van der Waals surface area contributed by atoms with Gasteiger partial charge in [0, 0.05) is 31.5 Å². The van der Waals surface area contributed by atoms with Gasteiger partial charge in [-0.1, -0.05) is 47.5 Å². The molecule has 0 atom stereocenters. The second kappa shape index (κ2) is 10.3. The molecule has 0 aliphatic heterocycles. The minimum atomic E-state index is -1.06. The van der Waals surface area contributed by atoms with Crippen LogP contribution in [0.1, 0.15) is 10.5 Å². The van der Waals surface area contributed by atoms with Crippen molar-refractivity contribution in [2.75, 3.05) is 0 Å². The number of hydrogen-bond donors (Lipinski definition) is 1. The van der Waals surface area contributed by atoms with Crippen LogP contribution in [0, 0.1) is 12.1 Å². The number of nitrogens with zero attached hydrogens (tertiary/aromatic N) is 3. The number of hydrogen-bond acceptors (Lipinski definition) is 4. The predicted octanol–water partition coefficient (Wildman–Crippen LogP) is 5.84. The molecule has 167 valence electrons. The maximum Gasteiger partial charge on any atom is 0.353 e. The first kappa shape index (κ1) is 23.2. The van der Waals surface area contributed by atoms with E-state index in [9.17, 15) is 9.90 Å². The van der Waals surface area contributed by atoms with Crippen molar-refractivity contribution in [3.63, 3.8) is 0 Å². The van der Waals surface area contributed by atoms with E-state index in [2.05, 4.69) is 17.1 Å². The van der Waals surface area contributed by atoms with E-state index < -0.39 is 5.97 Å². The quantitative estimate of drug-likeness (QED) is 0.251. The van der Waals surface area contributed by atoms with Gasteiger partial charge in [0.25, 0.3) is 0 Å². The molecule has 6 heteroatoms. The first-order valence-corrected chi connectivity index (χ1v) is 10.3. The normalized spacial score (nSPS) is 10.4. The molecular formula is C28H17IrN3O2-2. The van der Waals surface area contributed by atoms with Crippen molar-refractivity contribution < 1.29 is 30.0 Å². The van der Waals surface area contributed by atoms with Crippen molar-refractivity contribution in [1.29, 1.82) is 0 Å². The molecular weight excluding hydrogens is 603 g/mol. The van der Waals surface area contributed by atoms with Crippen LogP contribution in [-0.4, -0.2) is 26.0 Å². The minimum absolute atomic E-state index is 0. The topological polar surface area (TPSA) is 76.0 Å². The molecule has 0 unspecified atom stereocenters. The second-order valence-corrected chi connectivity index (χ2v) is 7.28. The number of carboxylic acid groups (broad SMARTS) is 1. The van der Waals surface area contributed by atoms with E-state index in [0.29, 0.717) is 11.3 Å². The summed E-state index contributed by atoms with van der Waals surface area (Å²) < 4.78 is 0. The van der Waals surface area contributed by atoms with E-state index in [-0.39, 0.29) is 25.8 Å². The maximum atomic E-state index is 11.3. The molecule has 2 aromatic carbocycles. The molecule has 0 saturated carbocycles. The summed E-state index contributed by atoms with van der Waals surface area (Å²) >= 11 is 0. The van der Waals surface area contributed by atoms with E-state index in [1.807, 2.05) is 78.9 Å². The Bertz CT molecular complexity index is 1460. The smallest absolute Gasteiger partial charge is 0.353 e. The van der Waals surface area contributed by atoms with Crippen LogP contribution in [0.3, 0.4) is 0 Å². The molecule has 5 rings (SSSR count). The fourth-order valence-electron chi connectivity index (χ4n) is 3.48. The third kappa shape index (κ3) is 4.99. The standard InChI is InChI=1S/C28H17N3O2.Ir/c32-28(33)27-17-7-14-24(31-27)21-11-4-10-20(18-21)23-13-6-16-26(30-23)25-15-5-12-22(29-25)19-8-2-1-3-9-19;/h1-8,10-17H,(H,32,33);/q-2;. The van der Waals surface area contributed by atoms with E-state index in [4.69, 9.17) is 9.97 Å². The zero-order valence-corrected chi connectivity index (χ0v) is 20.2. The van der Waals surface area contributed by atoms with Gasteiger partial charge >= 0.3 is 5.97 Å². The molecule has 5 aromatic rings. The summed E-state index contributed by atoms with van der Waals surface area (Å²) in [6.45, 7) is 0. The van der Waals surface area contributed by atoms with Gasteiger partial charge in [0.05, 0.1) is 11.4 Å². The Hall–Kier alpha value is -3.99. The maximum absolute atomic E-state index is 11.3. The summed E-state index contributed by atoms with van der Waals surface area (Å²) in [5, 5.41) is 9.23. The molecule has 3 aromatic heterocycles. The monoisotopic (exact) mass is 620 g/mol. The van der Waals surface area contributed by atoms with E-state index in [1.54, 1.807) is 12.1 Å². The number of aromatic nitrogens is 3. The van der Waals surface area contributed by atoms with E-state index in [1.165, 1.54) is 6.07 Å². The average molecular weight is 620 g/mol. The largest absolute Gasteiger partial charge is 0.477 e. The summed E-state index contributed by atoms with van der Waals surface area (Å²) in [6, 6.07) is 36.4. The number of rotatable bonds is 5. The molecule has 0 amide bonds.